The molecule has 2 rings (SSSR count). The van der Waals surface area contributed by atoms with E-state index < -0.39 is 10.0 Å². The standard InChI is InChI=1S/C17H19ClN2O4S/c1-24-16-8-6-15(7-9-16)20(25(2,22)23)11-10-17(21)19-14-5-3-4-13(18)12-14/h3-9,12H,10-11H2,1-2H3,(H,19,21). The highest BCUT2D eigenvalue weighted by Gasteiger charge is 2.18. The van der Waals surface area contributed by atoms with Crippen molar-refractivity contribution in [3.05, 3.63) is 53.6 Å². The van der Waals surface area contributed by atoms with Gasteiger partial charge in [-0.3, -0.25) is 9.10 Å². The van der Waals surface area contributed by atoms with Crippen LogP contribution in [0.3, 0.4) is 0 Å². The minimum absolute atomic E-state index is 0.00557. The van der Waals surface area contributed by atoms with E-state index in [0.29, 0.717) is 22.1 Å². The van der Waals surface area contributed by atoms with Crippen LogP contribution in [0.1, 0.15) is 6.42 Å². The topological polar surface area (TPSA) is 75.7 Å². The first kappa shape index (κ1) is 19.1. The SMILES string of the molecule is COc1ccc(N(CCC(=O)Nc2cccc(Cl)c2)S(C)(=O)=O)cc1. The quantitative estimate of drug-likeness (QED) is 0.798. The van der Waals surface area contributed by atoms with Crippen LogP contribution < -0.4 is 14.4 Å². The monoisotopic (exact) mass is 382 g/mol. The third kappa shape index (κ3) is 5.65. The zero-order valence-electron chi connectivity index (χ0n) is 13.9. The molecule has 0 aliphatic rings. The maximum atomic E-state index is 12.1. The van der Waals surface area contributed by atoms with Crippen molar-refractivity contribution in [2.75, 3.05) is 29.5 Å². The molecule has 134 valence electrons. The van der Waals surface area contributed by atoms with Gasteiger partial charge in [0.25, 0.3) is 0 Å². The molecule has 0 saturated carbocycles. The molecule has 0 atom stereocenters. The average molecular weight is 383 g/mol. The van der Waals surface area contributed by atoms with Crippen molar-refractivity contribution < 1.29 is 17.9 Å². The zero-order valence-corrected chi connectivity index (χ0v) is 15.5. The van der Waals surface area contributed by atoms with Crippen LogP contribution in [0.5, 0.6) is 5.75 Å². The number of benzene rings is 2. The fraction of sp³-hybridized carbons (Fsp3) is 0.235. The van der Waals surface area contributed by atoms with Gasteiger partial charge in [0.05, 0.1) is 19.1 Å². The Bertz CT molecular complexity index is 838. The summed E-state index contributed by atoms with van der Waals surface area (Å²) in [6.07, 6.45) is 1.11. The molecule has 0 spiro atoms. The van der Waals surface area contributed by atoms with Crippen molar-refractivity contribution in [3.8, 4) is 5.75 Å². The Morgan fingerprint density at radius 3 is 2.44 bits per heavy atom. The van der Waals surface area contributed by atoms with E-state index in [1.807, 2.05) is 0 Å². The van der Waals surface area contributed by atoms with Crippen molar-refractivity contribution in [1.29, 1.82) is 0 Å². The van der Waals surface area contributed by atoms with Gasteiger partial charge in [0.15, 0.2) is 0 Å². The largest absolute Gasteiger partial charge is 0.497 e. The summed E-state index contributed by atoms with van der Waals surface area (Å²) in [7, 11) is -1.99. The molecule has 2 aromatic carbocycles. The second-order valence-corrected chi connectivity index (χ2v) is 7.68. The number of carbonyl (C=O) groups excluding carboxylic acids is 1. The number of sulfonamides is 1. The first-order chi connectivity index (χ1) is 11.8. The number of amides is 1. The Morgan fingerprint density at radius 2 is 1.88 bits per heavy atom. The van der Waals surface area contributed by atoms with Gasteiger partial charge < -0.3 is 10.1 Å². The van der Waals surface area contributed by atoms with Crippen LogP contribution in [0, 0.1) is 0 Å². The number of hydrogen-bond donors (Lipinski definition) is 1. The molecule has 2 aromatic rings. The summed E-state index contributed by atoms with van der Waals surface area (Å²) in [5.74, 6) is 0.320. The minimum atomic E-state index is -3.52. The molecule has 25 heavy (non-hydrogen) atoms. The van der Waals surface area contributed by atoms with Gasteiger partial charge in [-0.15, -0.1) is 0 Å². The number of nitrogens with zero attached hydrogens (tertiary/aromatic N) is 1. The van der Waals surface area contributed by atoms with E-state index in [1.165, 1.54) is 11.4 Å². The molecule has 0 aliphatic heterocycles. The molecule has 0 bridgehead atoms. The Labute approximate surface area is 152 Å². The Balaban J connectivity index is 2.06. The summed E-state index contributed by atoms with van der Waals surface area (Å²) < 4.78 is 30.3. The summed E-state index contributed by atoms with van der Waals surface area (Å²) in [5.41, 5.74) is 1.03. The van der Waals surface area contributed by atoms with Crippen LogP contribution in [-0.4, -0.2) is 34.2 Å². The van der Waals surface area contributed by atoms with Crippen LogP contribution in [0.25, 0.3) is 0 Å². The second-order valence-electron chi connectivity index (χ2n) is 5.34. The van der Waals surface area contributed by atoms with Crippen LogP contribution in [0.15, 0.2) is 48.5 Å². The summed E-state index contributed by atoms with van der Waals surface area (Å²) in [6, 6.07) is 13.4. The van der Waals surface area contributed by atoms with Crippen molar-refractivity contribution in [2.45, 2.75) is 6.42 Å². The highest BCUT2D eigenvalue weighted by molar-refractivity contribution is 7.92. The van der Waals surface area contributed by atoms with Crippen molar-refractivity contribution in [2.24, 2.45) is 0 Å². The number of rotatable bonds is 7. The van der Waals surface area contributed by atoms with Gasteiger partial charge >= 0.3 is 0 Å². The molecular weight excluding hydrogens is 364 g/mol. The maximum Gasteiger partial charge on any atom is 0.232 e. The molecule has 0 aromatic heterocycles. The summed E-state index contributed by atoms with van der Waals surface area (Å²) in [4.78, 5) is 12.1. The van der Waals surface area contributed by atoms with Crippen LogP contribution in [0.4, 0.5) is 11.4 Å². The van der Waals surface area contributed by atoms with Gasteiger partial charge in [-0.1, -0.05) is 17.7 Å². The van der Waals surface area contributed by atoms with Crippen molar-refractivity contribution in [3.63, 3.8) is 0 Å². The van der Waals surface area contributed by atoms with Crippen molar-refractivity contribution >= 4 is 38.9 Å². The summed E-state index contributed by atoms with van der Waals surface area (Å²) >= 11 is 5.87. The summed E-state index contributed by atoms with van der Waals surface area (Å²) in [6.45, 7) is 0.0254. The van der Waals surface area contributed by atoms with Gasteiger partial charge in [-0.05, 0) is 42.5 Å². The van der Waals surface area contributed by atoms with E-state index in [-0.39, 0.29) is 18.9 Å². The smallest absolute Gasteiger partial charge is 0.232 e. The number of methoxy groups -OCH3 is 1. The molecule has 0 saturated heterocycles. The Kier molecular flexibility index (Phi) is 6.27. The lowest BCUT2D eigenvalue weighted by Crippen LogP contribution is -2.33. The van der Waals surface area contributed by atoms with Gasteiger partial charge in [0.1, 0.15) is 5.75 Å². The van der Waals surface area contributed by atoms with Gasteiger partial charge in [0.2, 0.25) is 15.9 Å². The third-order valence-corrected chi connectivity index (χ3v) is 4.84. The maximum absolute atomic E-state index is 12.1. The van der Waals surface area contributed by atoms with Crippen LogP contribution in [0.2, 0.25) is 5.02 Å². The number of anilines is 2. The van der Waals surface area contributed by atoms with E-state index in [0.717, 1.165) is 6.26 Å². The minimum Gasteiger partial charge on any atom is -0.497 e. The van der Waals surface area contributed by atoms with Crippen LogP contribution in [-0.2, 0) is 14.8 Å². The van der Waals surface area contributed by atoms with E-state index >= 15 is 0 Å². The fourth-order valence-electron chi connectivity index (χ4n) is 2.23. The lowest BCUT2D eigenvalue weighted by molar-refractivity contribution is -0.116. The van der Waals surface area contributed by atoms with E-state index in [9.17, 15) is 13.2 Å². The molecule has 1 N–H and O–H groups in total. The van der Waals surface area contributed by atoms with E-state index in [2.05, 4.69) is 5.32 Å². The highest BCUT2D eigenvalue weighted by atomic mass is 35.5. The lowest BCUT2D eigenvalue weighted by Gasteiger charge is -2.22. The van der Waals surface area contributed by atoms with E-state index in [1.54, 1.807) is 48.5 Å². The molecule has 8 heteroatoms. The number of halogens is 1. The predicted octanol–water partition coefficient (Wildman–Crippen LogP) is 3.14. The van der Waals surface area contributed by atoms with Crippen LogP contribution >= 0.6 is 11.6 Å². The Hall–Kier alpha value is -2.25. The van der Waals surface area contributed by atoms with Gasteiger partial charge in [0, 0.05) is 23.7 Å². The fourth-order valence-corrected chi connectivity index (χ4v) is 3.35. The Morgan fingerprint density at radius 1 is 1.20 bits per heavy atom. The molecule has 0 radical (unpaired) electrons. The average Bonchev–Trinajstić information content (AvgIpc) is 2.54. The van der Waals surface area contributed by atoms with Gasteiger partial charge in [-0.25, -0.2) is 8.42 Å². The molecule has 6 nitrogen and oxygen atoms in total. The third-order valence-electron chi connectivity index (χ3n) is 3.41. The highest BCUT2D eigenvalue weighted by Crippen LogP contribution is 2.22. The number of carbonyl (C=O) groups is 1. The summed E-state index contributed by atoms with van der Waals surface area (Å²) in [5, 5.41) is 3.20. The second kappa shape index (κ2) is 8.22. The first-order valence-electron chi connectivity index (χ1n) is 7.47. The number of nitrogens with one attached hydrogen (secondary N) is 1. The molecule has 0 fully saturated rings. The number of hydrogen-bond acceptors (Lipinski definition) is 4. The van der Waals surface area contributed by atoms with Gasteiger partial charge in [-0.2, -0.15) is 0 Å². The normalized spacial score (nSPS) is 11.0. The molecule has 0 heterocycles. The lowest BCUT2D eigenvalue weighted by atomic mass is 10.3. The van der Waals surface area contributed by atoms with E-state index in [4.69, 9.17) is 16.3 Å². The zero-order chi connectivity index (χ0) is 18.4. The molecular formula is C17H19ClN2O4S. The molecule has 0 aliphatic carbocycles. The predicted molar refractivity (Wildman–Crippen MR) is 99.9 cm³/mol. The number of ether oxygens (including phenoxy) is 1. The molecule has 1 amide bonds. The van der Waals surface area contributed by atoms with Crippen molar-refractivity contribution in [1.82, 2.24) is 0 Å². The first-order valence-corrected chi connectivity index (χ1v) is 9.69. The molecule has 0 unspecified atom stereocenters.